The van der Waals surface area contributed by atoms with Crippen LogP contribution >= 0.6 is 0 Å². The topological polar surface area (TPSA) is 92.9 Å². The number of amides is 1. The SMILES string of the molecule is O=C(Cn1c(-c2ccccc2)cc2ccccc21)Nc1cccc(-c2noc(=O)[nH]2)c1. The van der Waals surface area contributed by atoms with Gasteiger partial charge >= 0.3 is 5.76 Å². The normalized spacial score (nSPS) is 11.0. The monoisotopic (exact) mass is 410 g/mol. The number of nitrogens with one attached hydrogen (secondary N) is 2. The minimum absolute atomic E-state index is 0.156. The van der Waals surface area contributed by atoms with Crippen molar-refractivity contribution in [1.29, 1.82) is 0 Å². The van der Waals surface area contributed by atoms with Gasteiger partial charge in [0, 0.05) is 27.8 Å². The van der Waals surface area contributed by atoms with Gasteiger partial charge < -0.3 is 9.88 Å². The van der Waals surface area contributed by atoms with Crippen LogP contribution < -0.4 is 11.1 Å². The highest BCUT2D eigenvalue weighted by Crippen LogP contribution is 2.28. The van der Waals surface area contributed by atoms with Gasteiger partial charge in [0.25, 0.3) is 0 Å². The van der Waals surface area contributed by atoms with E-state index in [-0.39, 0.29) is 12.5 Å². The van der Waals surface area contributed by atoms with Crippen molar-refractivity contribution in [1.82, 2.24) is 14.7 Å². The number of para-hydroxylation sites is 1. The van der Waals surface area contributed by atoms with Gasteiger partial charge in [-0.05, 0) is 29.8 Å². The lowest BCUT2D eigenvalue weighted by Gasteiger charge is -2.12. The largest absolute Gasteiger partial charge is 0.439 e. The van der Waals surface area contributed by atoms with Crippen molar-refractivity contribution < 1.29 is 9.32 Å². The van der Waals surface area contributed by atoms with Crippen molar-refractivity contribution in [2.75, 3.05) is 5.32 Å². The number of anilines is 1. The van der Waals surface area contributed by atoms with Gasteiger partial charge in [-0.3, -0.25) is 14.3 Å². The summed E-state index contributed by atoms with van der Waals surface area (Å²) in [4.78, 5) is 26.6. The fourth-order valence-electron chi connectivity index (χ4n) is 3.67. The molecule has 0 radical (unpaired) electrons. The number of aromatic amines is 1. The number of benzene rings is 3. The first-order chi connectivity index (χ1) is 15.2. The van der Waals surface area contributed by atoms with Gasteiger partial charge in [-0.25, -0.2) is 4.79 Å². The Morgan fingerprint density at radius 3 is 2.52 bits per heavy atom. The Balaban J connectivity index is 1.44. The molecule has 3 aromatic carbocycles. The molecule has 5 aromatic rings. The third-order valence-corrected chi connectivity index (χ3v) is 5.04. The Kier molecular flexibility index (Phi) is 4.68. The van der Waals surface area contributed by atoms with E-state index in [9.17, 15) is 9.59 Å². The van der Waals surface area contributed by atoms with E-state index in [0.717, 1.165) is 22.2 Å². The van der Waals surface area contributed by atoms with E-state index in [1.807, 2.05) is 59.2 Å². The molecule has 152 valence electrons. The molecule has 5 rings (SSSR count). The van der Waals surface area contributed by atoms with E-state index < -0.39 is 5.76 Å². The van der Waals surface area contributed by atoms with Crippen LogP contribution in [0.15, 0.2) is 94.2 Å². The minimum atomic E-state index is -0.627. The van der Waals surface area contributed by atoms with Crippen molar-refractivity contribution in [3.63, 3.8) is 0 Å². The van der Waals surface area contributed by atoms with Crippen LogP contribution in [0.25, 0.3) is 33.5 Å². The van der Waals surface area contributed by atoms with E-state index >= 15 is 0 Å². The first-order valence-electron chi connectivity index (χ1n) is 9.77. The summed E-state index contributed by atoms with van der Waals surface area (Å²) in [5.74, 6) is -0.481. The highest BCUT2D eigenvalue weighted by Gasteiger charge is 2.14. The van der Waals surface area contributed by atoms with Crippen LogP contribution in [0.4, 0.5) is 5.69 Å². The molecular weight excluding hydrogens is 392 g/mol. The number of aromatic nitrogens is 3. The molecule has 0 atom stereocenters. The van der Waals surface area contributed by atoms with Crippen LogP contribution in [0, 0.1) is 0 Å². The lowest BCUT2D eigenvalue weighted by Crippen LogP contribution is -2.19. The maximum absolute atomic E-state index is 12.9. The Morgan fingerprint density at radius 1 is 0.935 bits per heavy atom. The van der Waals surface area contributed by atoms with Crippen LogP contribution in [-0.2, 0) is 11.3 Å². The summed E-state index contributed by atoms with van der Waals surface area (Å²) in [6.07, 6.45) is 0. The van der Waals surface area contributed by atoms with E-state index in [4.69, 9.17) is 0 Å². The quantitative estimate of drug-likeness (QED) is 0.452. The minimum Gasteiger partial charge on any atom is -0.331 e. The molecular formula is C24H18N4O3. The van der Waals surface area contributed by atoms with Crippen molar-refractivity contribution in [3.8, 4) is 22.6 Å². The van der Waals surface area contributed by atoms with Gasteiger partial charge in [-0.15, -0.1) is 0 Å². The predicted molar refractivity (Wildman–Crippen MR) is 119 cm³/mol. The average Bonchev–Trinajstić information content (AvgIpc) is 3.39. The molecule has 0 unspecified atom stereocenters. The van der Waals surface area contributed by atoms with Gasteiger partial charge in [0.1, 0.15) is 6.54 Å². The first-order valence-corrected chi connectivity index (χ1v) is 9.77. The zero-order valence-electron chi connectivity index (χ0n) is 16.4. The predicted octanol–water partition coefficient (Wildman–Crippen LogP) is 4.29. The standard InChI is InChI=1S/C24H18N4O3/c29-22(25-19-11-6-10-18(13-19)23-26-24(30)31-27-23)15-28-20-12-5-4-9-17(20)14-21(28)16-7-2-1-3-8-16/h1-14H,15H2,(H,25,29)(H,26,27,30). The highest BCUT2D eigenvalue weighted by atomic mass is 16.5. The number of carbonyl (C=O) groups is 1. The first kappa shape index (κ1) is 18.6. The summed E-state index contributed by atoms with van der Waals surface area (Å²) in [7, 11) is 0. The van der Waals surface area contributed by atoms with Crippen molar-refractivity contribution in [3.05, 3.63) is 95.5 Å². The number of hydrogen-bond acceptors (Lipinski definition) is 4. The fraction of sp³-hybridized carbons (Fsp3) is 0.0417. The maximum atomic E-state index is 12.9. The second-order valence-corrected chi connectivity index (χ2v) is 7.11. The summed E-state index contributed by atoms with van der Waals surface area (Å²) < 4.78 is 6.57. The molecule has 0 spiro atoms. The summed E-state index contributed by atoms with van der Waals surface area (Å²) in [5.41, 5.74) is 4.25. The molecule has 0 aliphatic heterocycles. The van der Waals surface area contributed by atoms with Crippen LogP contribution in [0.1, 0.15) is 0 Å². The van der Waals surface area contributed by atoms with Gasteiger partial charge in [0.15, 0.2) is 5.82 Å². The molecule has 0 bridgehead atoms. The van der Waals surface area contributed by atoms with Crippen LogP contribution in [0.5, 0.6) is 0 Å². The molecule has 31 heavy (non-hydrogen) atoms. The molecule has 7 heteroatoms. The summed E-state index contributed by atoms with van der Waals surface area (Å²) >= 11 is 0. The number of nitrogens with zero attached hydrogens (tertiary/aromatic N) is 2. The molecule has 0 fully saturated rings. The maximum Gasteiger partial charge on any atom is 0.439 e. The number of rotatable bonds is 5. The van der Waals surface area contributed by atoms with Gasteiger partial charge in [0.05, 0.1) is 0 Å². The van der Waals surface area contributed by atoms with Crippen molar-refractivity contribution in [2.24, 2.45) is 0 Å². The number of fused-ring (bicyclic) bond motifs is 1. The molecule has 2 aromatic heterocycles. The van der Waals surface area contributed by atoms with Gasteiger partial charge in [-0.2, -0.15) is 0 Å². The summed E-state index contributed by atoms with van der Waals surface area (Å²) in [5, 5.41) is 7.69. The molecule has 0 saturated heterocycles. The molecule has 0 aliphatic carbocycles. The van der Waals surface area contributed by atoms with E-state index in [2.05, 4.69) is 26.0 Å². The van der Waals surface area contributed by atoms with Crippen LogP contribution in [0.2, 0.25) is 0 Å². The molecule has 0 saturated carbocycles. The highest BCUT2D eigenvalue weighted by molar-refractivity contribution is 5.94. The lowest BCUT2D eigenvalue weighted by atomic mass is 10.1. The summed E-state index contributed by atoms with van der Waals surface area (Å²) in [6.45, 7) is 0.156. The van der Waals surface area contributed by atoms with Gasteiger partial charge in [0.2, 0.25) is 5.91 Å². The zero-order chi connectivity index (χ0) is 21.2. The molecule has 1 amide bonds. The Bertz CT molecular complexity index is 1430. The third kappa shape index (κ3) is 3.76. The van der Waals surface area contributed by atoms with E-state index in [0.29, 0.717) is 17.1 Å². The lowest BCUT2D eigenvalue weighted by molar-refractivity contribution is -0.116. The Morgan fingerprint density at radius 2 is 1.71 bits per heavy atom. The van der Waals surface area contributed by atoms with Crippen molar-refractivity contribution in [2.45, 2.75) is 6.54 Å². The Hall–Kier alpha value is -4.39. The second kappa shape index (κ2) is 7.79. The molecule has 2 heterocycles. The Labute approximate surface area is 176 Å². The fourth-order valence-corrected chi connectivity index (χ4v) is 3.67. The van der Waals surface area contributed by atoms with Crippen molar-refractivity contribution >= 4 is 22.5 Å². The zero-order valence-corrected chi connectivity index (χ0v) is 16.4. The number of hydrogen-bond donors (Lipinski definition) is 2. The molecule has 0 aliphatic rings. The van der Waals surface area contributed by atoms with Crippen LogP contribution in [-0.4, -0.2) is 20.6 Å². The third-order valence-electron chi connectivity index (χ3n) is 5.04. The number of carbonyl (C=O) groups excluding carboxylic acids is 1. The molecule has 7 nitrogen and oxygen atoms in total. The second-order valence-electron chi connectivity index (χ2n) is 7.11. The smallest absolute Gasteiger partial charge is 0.331 e. The van der Waals surface area contributed by atoms with E-state index in [1.165, 1.54) is 0 Å². The summed E-state index contributed by atoms with van der Waals surface area (Å²) in [6, 6.07) is 27.2. The van der Waals surface area contributed by atoms with E-state index in [1.54, 1.807) is 24.3 Å². The van der Waals surface area contributed by atoms with Crippen LogP contribution in [0.3, 0.4) is 0 Å². The number of H-pyrrole nitrogens is 1. The van der Waals surface area contributed by atoms with Gasteiger partial charge in [-0.1, -0.05) is 65.8 Å². The average molecular weight is 410 g/mol. The molecule has 2 N–H and O–H groups in total.